The topological polar surface area (TPSA) is 73.7 Å². The zero-order chi connectivity index (χ0) is 14.7. The van der Waals surface area contributed by atoms with Crippen molar-refractivity contribution in [1.82, 2.24) is 14.7 Å². The van der Waals surface area contributed by atoms with E-state index in [2.05, 4.69) is 5.10 Å². The van der Waals surface area contributed by atoms with Crippen LogP contribution < -0.4 is 0 Å². The number of rotatable bonds is 4. The number of methoxy groups -OCH3 is 1. The smallest absolute Gasteiger partial charge is 0.356 e. The number of hydrogen-bond acceptors (Lipinski definition) is 5. The Morgan fingerprint density at radius 2 is 2.15 bits per heavy atom. The molecule has 0 fully saturated rings. The van der Waals surface area contributed by atoms with E-state index in [-0.39, 0.29) is 12.5 Å². The van der Waals surface area contributed by atoms with Gasteiger partial charge in [-0.25, -0.2) is 4.79 Å². The number of esters is 1. The van der Waals surface area contributed by atoms with E-state index in [0.29, 0.717) is 31.8 Å². The highest BCUT2D eigenvalue weighted by molar-refractivity contribution is 5.90. The number of amides is 1. The molecule has 0 spiro atoms. The van der Waals surface area contributed by atoms with E-state index in [1.54, 1.807) is 18.9 Å². The molecule has 0 aliphatic carbocycles. The summed E-state index contributed by atoms with van der Waals surface area (Å²) in [6.07, 6.45) is 0.637. The van der Waals surface area contributed by atoms with Gasteiger partial charge in [0.05, 0.1) is 12.3 Å². The minimum Gasteiger partial charge on any atom is -0.461 e. The molecule has 0 radical (unpaired) electrons. The zero-order valence-corrected chi connectivity index (χ0v) is 12.0. The van der Waals surface area contributed by atoms with Crippen molar-refractivity contribution >= 4 is 11.9 Å². The van der Waals surface area contributed by atoms with Crippen LogP contribution in [0.2, 0.25) is 0 Å². The summed E-state index contributed by atoms with van der Waals surface area (Å²) in [5.74, 6) is -0.485. The van der Waals surface area contributed by atoms with Crippen LogP contribution in [0.1, 0.15) is 28.7 Å². The Labute approximate surface area is 117 Å². The Bertz CT molecular complexity index is 524. The molecule has 0 aromatic carbocycles. The summed E-state index contributed by atoms with van der Waals surface area (Å²) in [4.78, 5) is 25.5. The van der Waals surface area contributed by atoms with E-state index in [1.165, 1.54) is 11.8 Å². The van der Waals surface area contributed by atoms with Crippen molar-refractivity contribution in [3.63, 3.8) is 0 Å². The van der Waals surface area contributed by atoms with E-state index in [0.717, 1.165) is 11.3 Å². The molecular weight excluding hydrogens is 262 g/mol. The summed E-state index contributed by atoms with van der Waals surface area (Å²) in [5, 5.41) is 4.34. The lowest BCUT2D eigenvalue weighted by atomic mass is 10.1. The Balaban J connectivity index is 2.25. The Morgan fingerprint density at radius 1 is 1.40 bits per heavy atom. The van der Waals surface area contributed by atoms with Crippen LogP contribution in [0, 0.1) is 0 Å². The van der Waals surface area contributed by atoms with Gasteiger partial charge in [-0.2, -0.15) is 5.10 Å². The predicted molar refractivity (Wildman–Crippen MR) is 70.2 cm³/mol. The van der Waals surface area contributed by atoms with Crippen LogP contribution in [0.5, 0.6) is 0 Å². The third-order valence-electron chi connectivity index (χ3n) is 3.29. The molecule has 110 valence electrons. The number of carbonyl (C=O) groups is 2. The van der Waals surface area contributed by atoms with E-state index in [1.807, 2.05) is 0 Å². The highest BCUT2D eigenvalue weighted by Crippen LogP contribution is 2.22. The van der Waals surface area contributed by atoms with E-state index < -0.39 is 5.97 Å². The van der Waals surface area contributed by atoms with Gasteiger partial charge in [0, 0.05) is 39.2 Å². The third kappa shape index (κ3) is 2.67. The van der Waals surface area contributed by atoms with Gasteiger partial charge in [0.2, 0.25) is 5.91 Å². The van der Waals surface area contributed by atoms with Crippen molar-refractivity contribution < 1.29 is 19.1 Å². The Hall–Kier alpha value is -1.89. The van der Waals surface area contributed by atoms with Gasteiger partial charge in [-0.15, -0.1) is 0 Å². The van der Waals surface area contributed by atoms with E-state index in [4.69, 9.17) is 9.47 Å². The number of fused-ring (bicyclic) bond motifs is 1. The maximum Gasteiger partial charge on any atom is 0.356 e. The number of aryl methyl sites for hydroxylation is 1. The van der Waals surface area contributed by atoms with Gasteiger partial charge < -0.3 is 14.4 Å². The highest BCUT2D eigenvalue weighted by Gasteiger charge is 2.29. The monoisotopic (exact) mass is 281 g/mol. The lowest BCUT2D eigenvalue weighted by Crippen LogP contribution is -2.38. The molecule has 0 unspecified atom stereocenters. The molecule has 7 heteroatoms. The SMILES string of the molecule is CCOC(=O)c1c2c(nn1C)CCN(C(=O)COC)C2. The molecule has 1 amide bonds. The first-order chi connectivity index (χ1) is 9.58. The summed E-state index contributed by atoms with van der Waals surface area (Å²) in [5.41, 5.74) is 2.07. The minimum atomic E-state index is -0.398. The highest BCUT2D eigenvalue weighted by atomic mass is 16.5. The van der Waals surface area contributed by atoms with Gasteiger partial charge in [0.15, 0.2) is 5.69 Å². The molecule has 0 atom stereocenters. The molecule has 1 aromatic rings. The maximum atomic E-state index is 12.0. The first-order valence-electron chi connectivity index (χ1n) is 6.57. The lowest BCUT2D eigenvalue weighted by molar-refractivity contribution is -0.136. The number of nitrogens with zero attached hydrogens (tertiary/aromatic N) is 3. The van der Waals surface area contributed by atoms with Crippen LogP contribution >= 0.6 is 0 Å². The second-order valence-corrected chi connectivity index (χ2v) is 4.62. The van der Waals surface area contributed by atoms with Crippen molar-refractivity contribution in [2.45, 2.75) is 19.9 Å². The van der Waals surface area contributed by atoms with Crippen molar-refractivity contribution in [1.29, 1.82) is 0 Å². The van der Waals surface area contributed by atoms with Gasteiger partial charge >= 0.3 is 5.97 Å². The van der Waals surface area contributed by atoms with Crippen LogP contribution in [0.25, 0.3) is 0 Å². The zero-order valence-electron chi connectivity index (χ0n) is 12.0. The second-order valence-electron chi connectivity index (χ2n) is 4.62. The molecule has 0 saturated carbocycles. The Morgan fingerprint density at radius 3 is 2.80 bits per heavy atom. The summed E-state index contributed by atoms with van der Waals surface area (Å²) in [7, 11) is 3.20. The van der Waals surface area contributed by atoms with Crippen molar-refractivity contribution in [2.75, 3.05) is 26.9 Å². The van der Waals surface area contributed by atoms with Crippen LogP contribution in [-0.2, 0) is 34.3 Å². The average molecular weight is 281 g/mol. The second kappa shape index (κ2) is 6.04. The summed E-state index contributed by atoms with van der Waals surface area (Å²) >= 11 is 0. The first kappa shape index (κ1) is 14.5. The Kier molecular flexibility index (Phi) is 4.39. The first-order valence-corrected chi connectivity index (χ1v) is 6.57. The van der Waals surface area contributed by atoms with Crippen LogP contribution in [0.3, 0.4) is 0 Å². The minimum absolute atomic E-state index is 0.0460. The largest absolute Gasteiger partial charge is 0.461 e. The van der Waals surface area contributed by atoms with Gasteiger partial charge in [0.1, 0.15) is 6.61 Å². The quantitative estimate of drug-likeness (QED) is 0.733. The average Bonchev–Trinajstić information content (AvgIpc) is 2.74. The molecule has 1 aliphatic heterocycles. The fourth-order valence-corrected chi connectivity index (χ4v) is 2.38. The summed E-state index contributed by atoms with van der Waals surface area (Å²) < 4.78 is 11.4. The fourth-order valence-electron chi connectivity index (χ4n) is 2.38. The normalized spacial score (nSPS) is 14.1. The van der Waals surface area contributed by atoms with Crippen LogP contribution in [0.4, 0.5) is 0 Å². The fraction of sp³-hybridized carbons (Fsp3) is 0.615. The summed E-state index contributed by atoms with van der Waals surface area (Å²) in [6, 6.07) is 0. The van der Waals surface area contributed by atoms with Gasteiger partial charge in [-0.1, -0.05) is 0 Å². The predicted octanol–water partition coefficient (Wildman–Crippen LogP) is 0.128. The molecule has 0 N–H and O–H groups in total. The molecule has 1 aromatic heterocycles. The molecule has 0 bridgehead atoms. The number of aromatic nitrogens is 2. The molecule has 1 aliphatic rings. The van der Waals surface area contributed by atoms with Gasteiger partial charge in [-0.3, -0.25) is 9.48 Å². The molecule has 2 rings (SSSR count). The van der Waals surface area contributed by atoms with Crippen LogP contribution in [-0.4, -0.2) is 53.4 Å². The van der Waals surface area contributed by atoms with E-state index in [9.17, 15) is 9.59 Å². The third-order valence-corrected chi connectivity index (χ3v) is 3.29. The summed E-state index contributed by atoms with van der Waals surface area (Å²) in [6.45, 7) is 3.08. The standard InChI is InChI=1S/C13H19N3O4/c1-4-20-13(18)12-9-7-16(11(17)8-19-3)6-5-10(9)14-15(12)2/h4-8H2,1-3H3. The molecule has 2 heterocycles. The number of carbonyl (C=O) groups excluding carboxylic acids is 2. The molecular formula is C13H19N3O4. The van der Waals surface area contributed by atoms with E-state index >= 15 is 0 Å². The molecule has 7 nitrogen and oxygen atoms in total. The van der Waals surface area contributed by atoms with Gasteiger partial charge in [-0.05, 0) is 6.92 Å². The molecule has 0 saturated heterocycles. The molecule has 20 heavy (non-hydrogen) atoms. The van der Waals surface area contributed by atoms with Crippen molar-refractivity contribution in [2.24, 2.45) is 7.05 Å². The maximum absolute atomic E-state index is 12.0. The lowest BCUT2D eigenvalue weighted by Gasteiger charge is -2.26. The van der Waals surface area contributed by atoms with Crippen molar-refractivity contribution in [3.05, 3.63) is 17.0 Å². The number of hydrogen-bond donors (Lipinski definition) is 0. The van der Waals surface area contributed by atoms with Crippen LogP contribution in [0.15, 0.2) is 0 Å². The number of ether oxygens (including phenoxy) is 2. The van der Waals surface area contributed by atoms with Crippen molar-refractivity contribution in [3.8, 4) is 0 Å². The van der Waals surface area contributed by atoms with Gasteiger partial charge in [0.25, 0.3) is 0 Å².